The molecule has 0 fully saturated rings. The molecule has 0 unspecified atom stereocenters. The molecule has 0 heterocycles. The molecular formula is C11H17O4PS. The highest BCUT2D eigenvalue weighted by Gasteiger charge is 2.21. The second-order valence-corrected chi connectivity index (χ2v) is 9.43. The second kappa shape index (κ2) is 8.20. The summed E-state index contributed by atoms with van der Waals surface area (Å²) in [4.78, 5) is 22.7. The number of esters is 2. The standard InChI is InChI=1S/C11H17O4PS/c1-4-6-14-10(12)8-16(3,17)9-11(13)15-7-5-2/h4-5H,1-2,6-9H2,3H3. The largest absolute Gasteiger partial charge is 0.461 e. The van der Waals surface area contributed by atoms with Gasteiger partial charge in [-0.2, -0.15) is 0 Å². The number of ether oxygens (including phenoxy) is 2. The van der Waals surface area contributed by atoms with E-state index >= 15 is 0 Å². The molecule has 0 aromatic rings. The maximum atomic E-state index is 11.3. The lowest BCUT2D eigenvalue weighted by molar-refractivity contribution is -0.139. The Hall–Kier alpha value is -0.930. The third kappa shape index (κ3) is 8.83. The molecule has 0 amide bonds. The topological polar surface area (TPSA) is 52.6 Å². The lowest BCUT2D eigenvalue weighted by Gasteiger charge is -2.14. The number of carbonyl (C=O) groups is 2. The third-order valence-electron chi connectivity index (χ3n) is 1.65. The van der Waals surface area contributed by atoms with Crippen LogP contribution in [0.3, 0.4) is 0 Å². The summed E-state index contributed by atoms with van der Waals surface area (Å²) in [6, 6.07) is -2.07. The first kappa shape index (κ1) is 16.1. The zero-order chi connectivity index (χ0) is 13.3. The molecule has 0 bridgehead atoms. The number of carbonyl (C=O) groups excluding carboxylic acids is 2. The van der Waals surface area contributed by atoms with Gasteiger partial charge in [0.05, 0.1) is 12.3 Å². The predicted molar refractivity (Wildman–Crippen MR) is 72.3 cm³/mol. The van der Waals surface area contributed by atoms with Crippen molar-refractivity contribution in [3.8, 4) is 0 Å². The first-order valence-corrected chi connectivity index (χ1v) is 8.62. The van der Waals surface area contributed by atoms with Crippen LogP contribution in [0, 0.1) is 0 Å². The van der Waals surface area contributed by atoms with Gasteiger partial charge in [0.1, 0.15) is 13.2 Å². The zero-order valence-corrected chi connectivity index (χ0v) is 11.6. The average molecular weight is 276 g/mol. The molecule has 0 radical (unpaired) electrons. The highest BCUT2D eigenvalue weighted by molar-refractivity contribution is 8.14. The van der Waals surface area contributed by atoms with E-state index in [4.69, 9.17) is 21.3 Å². The van der Waals surface area contributed by atoms with Gasteiger partial charge in [-0.15, -0.1) is 0 Å². The van der Waals surface area contributed by atoms with Crippen LogP contribution in [0.15, 0.2) is 25.3 Å². The minimum Gasteiger partial charge on any atom is -0.461 e. The Balaban J connectivity index is 4.14. The van der Waals surface area contributed by atoms with Gasteiger partial charge in [-0.05, 0) is 12.7 Å². The van der Waals surface area contributed by atoms with Crippen molar-refractivity contribution in [2.75, 3.05) is 32.2 Å². The van der Waals surface area contributed by atoms with Crippen LogP contribution in [0.4, 0.5) is 0 Å². The maximum Gasteiger partial charge on any atom is 0.311 e. The third-order valence-corrected chi connectivity index (χ3v) is 4.28. The fourth-order valence-electron chi connectivity index (χ4n) is 0.997. The molecule has 0 N–H and O–H groups in total. The number of rotatable bonds is 8. The number of hydrogen-bond acceptors (Lipinski definition) is 5. The van der Waals surface area contributed by atoms with Crippen LogP contribution in [0.25, 0.3) is 0 Å². The van der Waals surface area contributed by atoms with Gasteiger partial charge < -0.3 is 9.47 Å². The summed E-state index contributed by atoms with van der Waals surface area (Å²) < 4.78 is 9.65. The molecule has 0 atom stereocenters. The minimum absolute atomic E-state index is 0.0966. The molecule has 0 rings (SSSR count). The summed E-state index contributed by atoms with van der Waals surface area (Å²) >= 11 is 5.25. The quantitative estimate of drug-likeness (QED) is 0.382. The van der Waals surface area contributed by atoms with Gasteiger partial charge in [0.2, 0.25) is 0 Å². The van der Waals surface area contributed by atoms with Crippen molar-refractivity contribution in [2.45, 2.75) is 0 Å². The lowest BCUT2D eigenvalue weighted by Crippen LogP contribution is -2.16. The van der Waals surface area contributed by atoms with Crippen LogP contribution in [0.5, 0.6) is 0 Å². The second-order valence-electron chi connectivity index (χ2n) is 3.56. The first-order chi connectivity index (χ1) is 7.91. The van der Waals surface area contributed by atoms with Gasteiger partial charge in [0.25, 0.3) is 0 Å². The van der Waals surface area contributed by atoms with Crippen LogP contribution >= 0.6 is 6.04 Å². The Kier molecular flexibility index (Phi) is 7.75. The number of hydrogen-bond donors (Lipinski definition) is 0. The van der Waals surface area contributed by atoms with E-state index in [1.165, 1.54) is 12.2 Å². The van der Waals surface area contributed by atoms with Crippen molar-refractivity contribution in [3.05, 3.63) is 25.3 Å². The van der Waals surface area contributed by atoms with Gasteiger partial charge >= 0.3 is 11.9 Å². The highest BCUT2D eigenvalue weighted by atomic mass is 32.4. The van der Waals surface area contributed by atoms with Crippen LogP contribution in [0.1, 0.15) is 0 Å². The molecule has 0 aliphatic rings. The molecule has 0 aromatic carbocycles. The van der Waals surface area contributed by atoms with Crippen molar-refractivity contribution in [2.24, 2.45) is 0 Å². The predicted octanol–water partition coefficient (Wildman–Crippen LogP) is 1.55. The molecule has 96 valence electrons. The highest BCUT2D eigenvalue weighted by Crippen LogP contribution is 2.41. The maximum absolute atomic E-state index is 11.3. The summed E-state index contributed by atoms with van der Waals surface area (Å²) in [5.74, 6) is -0.792. The molecule has 0 spiro atoms. The van der Waals surface area contributed by atoms with Gasteiger partial charge in [-0.3, -0.25) is 9.59 Å². The van der Waals surface area contributed by atoms with E-state index in [1.54, 1.807) is 6.66 Å². The van der Waals surface area contributed by atoms with Crippen molar-refractivity contribution in [1.82, 2.24) is 0 Å². The van der Waals surface area contributed by atoms with Crippen LogP contribution < -0.4 is 0 Å². The summed E-state index contributed by atoms with van der Waals surface area (Å²) in [6.07, 6.45) is 3.16. The normalized spacial score (nSPS) is 10.4. The molecular weight excluding hydrogens is 259 g/mol. The Morgan fingerprint density at radius 1 is 1.12 bits per heavy atom. The van der Waals surface area contributed by atoms with Gasteiger partial charge in [0.15, 0.2) is 0 Å². The first-order valence-electron chi connectivity index (χ1n) is 5.00. The smallest absolute Gasteiger partial charge is 0.311 e. The fourth-order valence-corrected chi connectivity index (χ4v) is 3.02. The molecule has 0 saturated carbocycles. The fraction of sp³-hybridized carbons (Fsp3) is 0.455. The molecule has 0 saturated heterocycles. The molecule has 0 aliphatic carbocycles. The Labute approximate surface area is 107 Å². The molecule has 4 nitrogen and oxygen atoms in total. The van der Waals surface area contributed by atoms with Crippen molar-refractivity contribution in [1.29, 1.82) is 0 Å². The van der Waals surface area contributed by atoms with Crippen LogP contribution in [0.2, 0.25) is 0 Å². The van der Waals surface area contributed by atoms with E-state index in [-0.39, 0.29) is 25.5 Å². The monoisotopic (exact) mass is 276 g/mol. The zero-order valence-electron chi connectivity index (χ0n) is 9.89. The van der Waals surface area contributed by atoms with E-state index in [1.807, 2.05) is 0 Å². The van der Waals surface area contributed by atoms with E-state index in [0.29, 0.717) is 0 Å². The van der Waals surface area contributed by atoms with Crippen LogP contribution in [-0.2, 0) is 30.9 Å². The average Bonchev–Trinajstić information content (AvgIpc) is 2.22. The van der Waals surface area contributed by atoms with E-state index in [2.05, 4.69) is 13.2 Å². The molecule has 6 heteroatoms. The lowest BCUT2D eigenvalue weighted by atomic mass is 10.7. The van der Waals surface area contributed by atoms with Crippen molar-refractivity contribution < 1.29 is 19.1 Å². The summed E-state index contributed by atoms with van der Waals surface area (Å²) in [5, 5.41) is 0. The minimum atomic E-state index is -2.07. The van der Waals surface area contributed by atoms with Gasteiger partial charge in [-0.1, -0.05) is 37.1 Å². The SMILES string of the molecule is C=CCOC(=O)CP(C)(=S)CC(=O)OCC=C. The van der Waals surface area contributed by atoms with E-state index in [0.717, 1.165) is 0 Å². The van der Waals surface area contributed by atoms with Gasteiger partial charge in [0, 0.05) is 0 Å². The van der Waals surface area contributed by atoms with Crippen LogP contribution in [-0.4, -0.2) is 44.1 Å². The van der Waals surface area contributed by atoms with Crippen molar-refractivity contribution in [3.63, 3.8) is 0 Å². The van der Waals surface area contributed by atoms with Crippen molar-refractivity contribution >= 4 is 29.8 Å². The Morgan fingerprint density at radius 3 is 1.76 bits per heavy atom. The van der Waals surface area contributed by atoms with E-state index in [9.17, 15) is 9.59 Å². The Morgan fingerprint density at radius 2 is 1.47 bits per heavy atom. The van der Waals surface area contributed by atoms with Gasteiger partial charge in [-0.25, -0.2) is 0 Å². The summed E-state index contributed by atoms with van der Waals surface area (Å²) in [6.45, 7) is 8.93. The Bertz CT molecular complexity index is 321. The summed E-state index contributed by atoms with van der Waals surface area (Å²) in [7, 11) is 0. The molecule has 0 aromatic heterocycles. The van der Waals surface area contributed by atoms with E-state index < -0.39 is 18.0 Å². The molecule has 17 heavy (non-hydrogen) atoms. The summed E-state index contributed by atoms with van der Waals surface area (Å²) in [5.41, 5.74) is 0. The molecule has 0 aliphatic heterocycles.